The third-order valence-corrected chi connectivity index (χ3v) is 1.43. The Balaban J connectivity index is 3.07. The molecule has 1 aromatic heterocycles. The molecule has 1 aromatic rings. The SMILES string of the molecule is NC(C(=O)O)c1cn[nH]c1[N+](=O)[O-]. The number of nitrogens with zero attached hydrogens (tertiary/aromatic N) is 2. The number of carbonyl (C=O) groups is 1. The summed E-state index contributed by atoms with van der Waals surface area (Å²) in [6, 6.07) is -1.43. The van der Waals surface area contributed by atoms with Crippen LogP contribution in [0.15, 0.2) is 6.20 Å². The molecule has 0 aromatic carbocycles. The Bertz CT molecular complexity index is 346. The maximum Gasteiger partial charge on any atom is 0.347 e. The molecule has 1 atom stereocenters. The fourth-order valence-electron chi connectivity index (χ4n) is 0.796. The first-order valence-electron chi connectivity index (χ1n) is 3.20. The Morgan fingerprint density at radius 3 is 2.92 bits per heavy atom. The first-order chi connectivity index (χ1) is 6.04. The average molecular weight is 186 g/mol. The number of aromatic nitrogens is 2. The molecule has 0 fully saturated rings. The van der Waals surface area contributed by atoms with Crippen molar-refractivity contribution in [2.45, 2.75) is 6.04 Å². The zero-order chi connectivity index (χ0) is 10.0. The van der Waals surface area contributed by atoms with Gasteiger partial charge in [0.1, 0.15) is 6.04 Å². The lowest BCUT2D eigenvalue weighted by atomic mass is 10.1. The van der Waals surface area contributed by atoms with Crippen molar-refractivity contribution < 1.29 is 14.8 Å². The molecule has 0 aliphatic rings. The van der Waals surface area contributed by atoms with E-state index >= 15 is 0 Å². The monoisotopic (exact) mass is 186 g/mol. The number of nitrogens with one attached hydrogen (secondary N) is 1. The van der Waals surface area contributed by atoms with Crippen LogP contribution in [0.25, 0.3) is 0 Å². The molecular formula is C5H6N4O4. The molecule has 8 heteroatoms. The molecule has 4 N–H and O–H groups in total. The second-order valence-electron chi connectivity index (χ2n) is 2.25. The first kappa shape index (κ1) is 9.13. The molecule has 0 aliphatic heterocycles. The van der Waals surface area contributed by atoms with Crippen molar-refractivity contribution in [2.24, 2.45) is 5.73 Å². The van der Waals surface area contributed by atoms with E-state index in [9.17, 15) is 14.9 Å². The summed E-state index contributed by atoms with van der Waals surface area (Å²) in [6.45, 7) is 0. The zero-order valence-electron chi connectivity index (χ0n) is 6.30. The van der Waals surface area contributed by atoms with Crippen LogP contribution in [-0.4, -0.2) is 26.2 Å². The lowest BCUT2D eigenvalue weighted by Crippen LogP contribution is -2.21. The Morgan fingerprint density at radius 2 is 2.46 bits per heavy atom. The highest BCUT2D eigenvalue weighted by atomic mass is 16.6. The van der Waals surface area contributed by atoms with E-state index in [4.69, 9.17) is 10.8 Å². The average Bonchev–Trinajstić information content (AvgIpc) is 2.50. The van der Waals surface area contributed by atoms with Crippen LogP contribution in [0, 0.1) is 10.1 Å². The minimum atomic E-state index is -1.43. The van der Waals surface area contributed by atoms with Gasteiger partial charge < -0.3 is 21.0 Å². The Kier molecular flexibility index (Phi) is 2.24. The molecule has 70 valence electrons. The van der Waals surface area contributed by atoms with Gasteiger partial charge in [-0.15, -0.1) is 5.10 Å². The van der Waals surface area contributed by atoms with E-state index < -0.39 is 22.8 Å². The molecule has 1 unspecified atom stereocenters. The van der Waals surface area contributed by atoms with Gasteiger partial charge in [0.2, 0.25) is 0 Å². The fraction of sp³-hybridized carbons (Fsp3) is 0.200. The number of hydrogen-bond acceptors (Lipinski definition) is 5. The van der Waals surface area contributed by atoms with E-state index in [2.05, 4.69) is 5.10 Å². The Labute approximate surface area is 71.5 Å². The number of hydrogen-bond donors (Lipinski definition) is 3. The van der Waals surface area contributed by atoms with Gasteiger partial charge in [0.05, 0.1) is 11.8 Å². The topological polar surface area (TPSA) is 135 Å². The third kappa shape index (κ3) is 1.62. The van der Waals surface area contributed by atoms with Crippen LogP contribution in [0.1, 0.15) is 11.6 Å². The van der Waals surface area contributed by atoms with Crippen molar-refractivity contribution >= 4 is 11.8 Å². The standard InChI is InChI=1S/C5H6N4O4/c6-3(5(10)11)2-1-7-8-4(2)9(12)13/h1,3H,6H2,(H,7,8)(H,10,11). The van der Waals surface area contributed by atoms with Gasteiger partial charge in [-0.1, -0.05) is 5.10 Å². The van der Waals surface area contributed by atoms with Crippen LogP contribution in [0.5, 0.6) is 0 Å². The Hall–Kier alpha value is -1.96. The number of nitro groups is 1. The van der Waals surface area contributed by atoms with E-state index in [1.807, 2.05) is 5.10 Å². The molecule has 0 bridgehead atoms. The smallest absolute Gasteiger partial charge is 0.347 e. The summed E-state index contributed by atoms with van der Waals surface area (Å²) in [5.41, 5.74) is 5.02. The highest BCUT2D eigenvalue weighted by Gasteiger charge is 2.25. The molecule has 0 radical (unpaired) electrons. The quantitative estimate of drug-likeness (QED) is 0.426. The number of nitrogens with two attached hydrogens (primary N) is 1. The molecule has 0 aliphatic carbocycles. The predicted octanol–water partition coefficient (Wildman–Crippen LogP) is -0.598. The fourth-order valence-corrected chi connectivity index (χ4v) is 0.796. The van der Waals surface area contributed by atoms with Crippen LogP contribution in [-0.2, 0) is 4.79 Å². The lowest BCUT2D eigenvalue weighted by molar-refractivity contribution is -0.390. The summed E-state index contributed by atoms with van der Waals surface area (Å²) in [4.78, 5) is 19.9. The van der Waals surface area contributed by atoms with Crippen molar-refractivity contribution in [3.05, 3.63) is 21.9 Å². The summed E-state index contributed by atoms with van der Waals surface area (Å²) < 4.78 is 0. The zero-order valence-corrected chi connectivity index (χ0v) is 6.30. The summed E-state index contributed by atoms with van der Waals surface area (Å²) >= 11 is 0. The summed E-state index contributed by atoms with van der Waals surface area (Å²) in [6.07, 6.45) is 1.02. The molecule has 13 heavy (non-hydrogen) atoms. The summed E-state index contributed by atoms with van der Waals surface area (Å²) in [7, 11) is 0. The maximum atomic E-state index is 10.4. The van der Waals surface area contributed by atoms with Gasteiger partial charge in [-0.2, -0.15) is 0 Å². The van der Waals surface area contributed by atoms with Gasteiger partial charge in [0.15, 0.2) is 0 Å². The van der Waals surface area contributed by atoms with E-state index in [0.29, 0.717) is 0 Å². The largest absolute Gasteiger partial charge is 0.480 e. The van der Waals surface area contributed by atoms with Gasteiger partial charge in [-0.25, -0.2) is 0 Å². The molecule has 0 spiro atoms. The van der Waals surface area contributed by atoms with E-state index in [-0.39, 0.29) is 5.56 Å². The molecule has 1 heterocycles. The first-order valence-corrected chi connectivity index (χ1v) is 3.20. The summed E-state index contributed by atoms with van der Waals surface area (Å²) in [5.74, 6) is -1.83. The van der Waals surface area contributed by atoms with Crippen molar-refractivity contribution in [1.29, 1.82) is 0 Å². The molecule has 0 saturated heterocycles. The predicted molar refractivity (Wildman–Crippen MR) is 39.8 cm³/mol. The van der Waals surface area contributed by atoms with E-state index in [1.54, 1.807) is 0 Å². The van der Waals surface area contributed by atoms with Crippen molar-refractivity contribution in [1.82, 2.24) is 10.2 Å². The number of rotatable bonds is 3. The minimum absolute atomic E-state index is 0.141. The minimum Gasteiger partial charge on any atom is -0.480 e. The van der Waals surface area contributed by atoms with Crippen LogP contribution in [0.2, 0.25) is 0 Å². The van der Waals surface area contributed by atoms with Crippen LogP contribution >= 0.6 is 0 Å². The highest BCUT2D eigenvalue weighted by Crippen LogP contribution is 2.19. The second-order valence-corrected chi connectivity index (χ2v) is 2.25. The van der Waals surface area contributed by atoms with Gasteiger partial charge in [-0.05, 0) is 4.92 Å². The summed E-state index contributed by atoms with van der Waals surface area (Å²) in [5, 5.41) is 24.2. The lowest BCUT2D eigenvalue weighted by Gasteiger charge is -2.01. The number of carboxylic acids is 1. The highest BCUT2D eigenvalue weighted by molar-refractivity contribution is 5.76. The van der Waals surface area contributed by atoms with E-state index in [1.165, 1.54) is 0 Å². The van der Waals surface area contributed by atoms with Crippen LogP contribution in [0.3, 0.4) is 0 Å². The molecule has 0 amide bonds. The van der Waals surface area contributed by atoms with Gasteiger partial charge in [0.25, 0.3) is 0 Å². The third-order valence-electron chi connectivity index (χ3n) is 1.43. The Morgan fingerprint density at radius 1 is 1.85 bits per heavy atom. The molecule has 1 rings (SSSR count). The van der Waals surface area contributed by atoms with Crippen molar-refractivity contribution in [3.63, 3.8) is 0 Å². The molecular weight excluding hydrogens is 180 g/mol. The van der Waals surface area contributed by atoms with Crippen LogP contribution in [0.4, 0.5) is 5.82 Å². The number of aliphatic carboxylic acids is 1. The number of aromatic amines is 1. The van der Waals surface area contributed by atoms with Crippen molar-refractivity contribution in [3.8, 4) is 0 Å². The molecule has 8 nitrogen and oxygen atoms in total. The van der Waals surface area contributed by atoms with Crippen molar-refractivity contribution in [2.75, 3.05) is 0 Å². The van der Waals surface area contributed by atoms with Crippen LogP contribution < -0.4 is 5.73 Å². The maximum absolute atomic E-state index is 10.4. The number of carboxylic acid groups (broad SMARTS) is 1. The van der Waals surface area contributed by atoms with Gasteiger partial charge in [-0.3, -0.25) is 4.79 Å². The second kappa shape index (κ2) is 3.19. The van der Waals surface area contributed by atoms with Gasteiger partial charge in [0, 0.05) is 0 Å². The van der Waals surface area contributed by atoms with E-state index in [0.717, 1.165) is 6.20 Å². The number of H-pyrrole nitrogens is 1. The normalized spacial score (nSPS) is 12.4. The van der Waals surface area contributed by atoms with Gasteiger partial charge >= 0.3 is 11.8 Å². The molecule has 0 saturated carbocycles.